The minimum Gasteiger partial charge on any atom is -0.192 e. The van der Waals surface area contributed by atoms with Crippen LogP contribution in [-0.4, -0.2) is 0 Å². The van der Waals surface area contributed by atoms with Crippen molar-refractivity contribution in [2.75, 3.05) is 0 Å². The zero-order valence-corrected chi connectivity index (χ0v) is 17.9. The maximum atomic E-state index is 9.98. The number of hydrogen-bond donors (Lipinski definition) is 0. The normalized spacial score (nSPS) is 26.0. The van der Waals surface area contributed by atoms with Crippen molar-refractivity contribution in [3.63, 3.8) is 0 Å². The number of unbranched alkanes of at least 4 members (excludes halogenated alkanes) is 4. The summed E-state index contributed by atoms with van der Waals surface area (Å²) >= 11 is 0. The first-order valence-corrected chi connectivity index (χ1v) is 11.6. The monoisotopic (exact) mass is 376 g/mol. The van der Waals surface area contributed by atoms with Crippen LogP contribution in [-0.2, 0) is 11.8 Å². The molecule has 2 bridgehead atoms. The van der Waals surface area contributed by atoms with Gasteiger partial charge in [0.25, 0.3) is 0 Å². The summed E-state index contributed by atoms with van der Waals surface area (Å²) in [6, 6.07) is 9.25. The van der Waals surface area contributed by atoms with Gasteiger partial charge in [-0.3, -0.25) is 0 Å². The third kappa shape index (κ3) is 3.98. The minimum absolute atomic E-state index is 0.144. The van der Waals surface area contributed by atoms with Crippen LogP contribution in [0.25, 0.3) is 0 Å². The number of nitriles is 2. The van der Waals surface area contributed by atoms with Crippen molar-refractivity contribution in [1.82, 2.24) is 0 Å². The van der Waals surface area contributed by atoms with Gasteiger partial charge in [0, 0.05) is 0 Å². The van der Waals surface area contributed by atoms with Crippen molar-refractivity contribution in [2.24, 2.45) is 5.41 Å². The molecule has 2 nitrogen and oxygen atoms in total. The van der Waals surface area contributed by atoms with Crippen LogP contribution < -0.4 is 0 Å². The standard InChI is InChI=1S/C26H36N2/c1-3-5-7-8-9-21-10-11-24(23(20-28)22(21)19-27)26-16-13-25(14-17-26,15-18-26)12-6-4-2/h10-11H,3-9,12-18H2,1-2H3. The highest BCUT2D eigenvalue weighted by atomic mass is 14.5. The number of nitrogens with zero attached hydrogens (tertiary/aromatic N) is 2. The maximum absolute atomic E-state index is 9.98. The molecular formula is C26H36N2. The van der Waals surface area contributed by atoms with Crippen molar-refractivity contribution in [3.8, 4) is 12.1 Å². The molecule has 0 saturated heterocycles. The first-order chi connectivity index (χ1) is 13.6. The largest absolute Gasteiger partial charge is 0.192 e. The lowest BCUT2D eigenvalue weighted by Gasteiger charge is -2.54. The van der Waals surface area contributed by atoms with Gasteiger partial charge in [0.2, 0.25) is 0 Å². The van der Waals surface area contributed by atoms with Crippen LogP contribution >= 0.6 is 0 Å². The molecule has 0 aromatic heterocycles. The average molecular weight is 377 g/mol. The number of fused-ring (bicyclic) bond motifs is 3. The van der Waals surface area contributed by atoms with Crippen molar-refractivity contribution >= 4 is 0 Å². The minimum atomic E-state index is 0.144. The summed E-state index contributed by atoms with van der Waals surface area (Å²) in [7, 11) is 0. The lowest BCUT2D eigenvalue weighted by atomic mass is 9.50. The fourth-order valence-corrected chi connectivity index (χ4v) is 5.88. The molecule has 2 heteroatoms. The van der Waals surface area contributed by atoms with Gasteiger partial charge in [-0.25, -0.2) is 0 Å². The highest BCUT2D eigenvalue weighted by Crippen LogP contribution is 2.60. The molecule has 0 atom stereocenters. The van der Waals surface area contributed by atoms with Gasteiger partial charge >= 0.3 is 0 Å². The van der Waals surface area contributed by atoms with Crippen molar-refractivity contribution in [2.45, 2.75) is 109 Å². The van der Waals surface area contributed by atoms with Crippen LogP contribution in [0.4, 0.5) is 0 Å². The molecule has 0 amide bonds. The van der Waals surface area contributed by atoms with Gasteiger partial charge in [0.1, 0.15) is 12.1 Å². The number of rotatable bonds is 9. The van der Waals surface area contributed by atoms with Crippen LogP contribution in [0, 0.1) is 28.1 Å². The summed E-state index contributed by atoms with van der Waals surface area (Å²) in [6.07, 6.45) is 17.2. The fraction of sp³-hybridized carbons (Fsp3) is 0.692. The van der Waals surface area contributed by atoms with Crippen molar-refractivity contribution < 1.29 is 0 Å². The van der Waals surface area contributed by atoms with Crippen LogP contribution in [0.15, 0.2) is 12.1 Å². The lowest BCUT2D eigenvalue weighted by molar-refractivity contribution is 0.0307. The van der Waals surface area contributed by atoms with Gasteiger partial charge in [-0.2, -0.15) is 10.5 Å². The van der Waals surface area contributed by atoms with Crippen LogP contribution in [0.3, 0.4) is 0 Å². The molecule has 0 aliphatic heterocycles. The van der Waals surface area contributed by atoms with Crippen LogP contribution in [0.2, 0.25) is 0 Å². The molecule has 0 unspecified atom stereocenters. The van der Waals surface area contributed by atoms with E-state index in [1.54, 1.807) is 0 Å². The Balaban J connectivity index is 1.84. The third-order valence-electron chi connectivity index (χ3n) is 7.85. The number of aryl methyl sites for hydroxylation is 1. The summed E-state index contributed by atoms with van der Waals surface area (Å²) in [6.45, 7) is 4.51. The molecule has 3 fully saturated rings. The van der Waals surface area contributed by atoms with Crippen LogP contribution in [0.5, 0.6) is 0 Å². The highest BCUT2D eigenvalue weighted by Gasteiger charge is 2.49. The van der Waals surface area contributed by atoms with Gasteiger partial charge in [-0.1, -0.05) is 58.1 Å². The van der Waals surface area contributed by atoms with Gasteiger partial charge in [-0.15, -0.1) is 0 Å². The van der Waals surface area contributed by atoms with E-state index in [4.69, 9.17) is 0 Å². The van der Waals surface area contributed by atoms with E-state index in [1.165, 1.54) is 82.6 Å². The Bertz CT molecular complexity index is 737. The second-order valence-electron chi connectivity index (χ2n) is 9.44. The van der Waals surface area contributed by atoms with E-state index in [1.807, 2.05) is 0 Å². The smallest absolute Gasteiger partial charge is 0.101 e. The Hall–Kier alpha value is -1.80. The molecule has 3 aliphatic rings. The SMILES string of the molecule is CCCCCCc1ccc(C23CCC(CCCC)(CC2)CC3)c(C#N)c1C#N. The van der Waals surface area contributed by atoms with Crippen molar-refractivity contribution in [1.29, 1.82) is 10.5 Å². The van der Waals surface area contributed by atoms with Crippen molar-refractivity contribution in [3.05, 3.63) is 34.4 Å². The van der Waals surface area contributed by atoms with E-state index in [2.05, 4.69) is 38.1 Å². The first-order valence-electron chi connectivity index (χ1n) is 11.6. The Labute approximate surface area is 172 Å². The Morgan fingerprint density at radius 1 is 0.786 bits per heavy atom. The molecule has 4 rings (SSSR count). The Kier molecular flexibility index (Phi) is 6.82. The molecule has 150 valence electrons. The predicted octanol–water partition coefficient (Wildman–Crippen LogP) is 7.33. The third-order valence-corrected chi connectivity index (χ3v) is 7.85. The molecule has 0 radical (unpaired) electrons. The van der Waals surface area contributed by atoms with Gasteiger partial charge in [0.05, 0.1) is 11.1 Å². The summed E-state index contributed by atoms with van der Waals surface area (Å²) in [5, 5.41) is 19.8. The van der Waals surface area contributed by atoms with E-state index < -0.39 is 0 Å². The highest BCUT2D eigenvalue weighted by molar-refractivity contribution is 5.57. The topological polar surface area (TPSA) is 47.6 Å². The zero-order chi connectivity index (χ0) is 20.0. The summed E-state index contributed by atoms with van der Waals surface area (Å²) in [5.41, 5.74) is 4.34. The molecule has 28 heavy (non-hydrogen) atoms. The Morgan fingerprint density at radius 2 is 1.43 bits per heavy atom. The molecule has 1 aromatic carbocycles. The van der Waals surface area contributed by atoms with Gasteiger partial charge < -0.3 is 0 Å². The maximum Gasteiger partial charge on any atom is 0.101 e. The van der Waals surface area contributed by atoms with E-state index in [0.717, 1.165) is 18.4 Å². The second kappa shape index (κ2) is 9.13. The summed E-state index contributed by atoms with van der Waals surface area (Å²) < 4.78 is 0. The van der Waals surface area contributed by atoms with Crippen LogP contribution in [0.1, 0.15) is 120 Å². The molecule has 1 aromatic rings. The van der Waals surface area contributed by atoms with E-state index >= 15 is 0 Å². The molecule has 0 heterocycles. The van der Waals surface area contributed by atoms with E-state index in [9.17, 15) is 10.5 Å². The van der Waals surface area contributed by atoms with Gasteiger partial charge in [-0.05, 0) is 79.7 Å². The van der Waals surface area contributed by atoms with Gasteiger partial charge in [0.15, 0.2) is 0 Å². The second-order valence-corrected chi connectivity index (χ2v) is 9.44. The molecule has 3 aliphatic carbocycles. The summed E-state index contributed by atoms with van der Waals surface area (Å²) in [5.74, 6) is 0. The fourth-order valence-electron chi connectivity index (χ4n) is 5.88. The molecule has 0 N–H and O–H groups in total. The molecule has 3 saturated carbocycles. The van der Waals surface area contributed by atoms with E-state index in [-0.39, 0.29) is 5.41 Å². The van der Waals surface area contributed by atoms with E-state index in [0.29, 0.717) is 16.5 Å². The lowest BCUT2D eigenvalue weighted by Crippen LogP contribution is -2.44. The molecule has 0 spiro atoms. The quantitative estimate of drug-likeness (QED) is 0.423. The summed E-state index contributed by atoms with van der Waals surface area (Å²) in [4.78, 5) is 0. The predicted molar refractivity (Wildman–Crippen MR) is 115 cm³/mol. The average Bonchev–Trinajstić information content (AvgIpc) is 2.76. The number of benzene rings is 1. The molecular weight excluding hydrogens is 340 g/mol. The Morgan fingerprint density at radius 3 is 2.00 bits per heavy atom. The first kappa shape index (κ1) is 20.9. The zero-order valence-electron chi connectivity index (χ0n) is 17.9. The number of hydrogen-bond acceptors (Lipinski definition) is 2.